The lowest BCUT2D eigenvalue weighted by Gasteiger charge is -2.29. The van der Waals surface area contributed by atoms with Gasteiger partial charge in [0.05, 0.1) is 5.71 Å². The van der Waals surface area contributed by atoms with Gasteiger partial charge >= 0.3 is 0 Å². The van der Waals surface area contributed by atoms with Crippen molar-refractivity contribution in [3.8, 4) is 0 Å². The van der Waals surface area contributed by atoms with E-state index in [9.17, 15) is 0 Å². The fraction of sp³-hybridized carbons (Fsp3) is 0.389. The van der Waals surface area contributed by atoms with Crippen LogP contribution in [-0.2, 0) is 6.42 Å². The summed E-state index contributed by atoms with van der Waals surface area (Å²) in [6, 6.07) is 8.74. The summed E-state index contributed by atoms with van der Waals surface area (Å²) in [5.74, 6) is 1.55. The van der Waals surface area contributed by atoms with Crippen LogP contribution in [0.25, 0.3) is 0 Å². The van der Waals surface area contributed by atoms with Gasteiger partial charge in [-0.05, 0) is 37.0 Å². The molecule has 0 unspecified atom stereocenters. The molecule has 3 heterocycles. The van der Waals surface area contributed by atoms with Gasteiger partial charge in [0.1, 0.15) is 5.84 Å². The molecule has 118 valence electrons. The van der Waals surface area contributed by atoms with Gasteiger partial charge in [-0.1, -0.05) is 12.1 Å². The van der Waals surface area contributed by atoms with Gasteiger partial charge in [0.25, 0.3) is 0 Å². The molecule has 3 aliphatic rings. The quantitative estimate of drug-likeness (QED) is 0.933. The number of rotatable bonds is 3. The van der Waals surface area contributed by atoms with E-state index in [1.165, 1.54) is 30.5 Å². The van der Waals surface area contributed by atoms with Crippen LogP contribution in [0.4, 0.5) is 5.69 Å². The van der Waals surface area contributed by atoms with Gasteiger partial charge < -0.3 is 10.6 Å². The molecule has 1 fully saturated rings. The lowest BCUT2D eigenvalue weighted by molar-refractivity contribution is 0.578. The fourth-order valence-electron chi connectivity index (χ4n) is 3.30. The molecule has 0 spiro atoms. The molecule has 3 aliphatic heterocycles. The first kappa shape index (κ1) is 14.2. The SMILES string of the molecule is NC1=CN=C2N=C(Cc3cccc(N4CCCCC4)c3)N=C2C1. The Morgan fingerprint density at radius 1 is 1.09 bits per heavy atom. The first-order valence-electron chi connectivity index (χ1n) is 8.30. The Kier molecular flexibility index (Phi) is 3.69. The minimum atomic E-state index is 0.652. The highest BCUT2D eigenvalue weighted by Gasteiger charge is 2.21. The Hall–Kier alpha value is -2.43. The maximum Gasteiger partial charge on any atom is 0.176 e. The van der Waals surface area contributed by atoms with Crippen LogP contribution in [0, 0.1) is 0 Å². The number of allylic oxidation sites excluding steroid dienone is 1. The van der Waals surface area contributed by atoms with Crippen molar-refractivity contribution < 1.29 is 0 Å². The third-order valence-corrected chi connectivity index (χ3v) is 4.48. The van der Waals surface area contributed by atoms with Crippen molar-refractivity contribution in [2.45, 2.75) is 32.1 Å². The molecule has 0 bridgehead atoms. The summed E-state index contributed by atoms with van der Waals surface area (Å²) in [6.45, 7) is 2.32. The van der Waals surface area contributed by atoms with Crippen molar-refractivity contribution in [2.24, 2.45) is 20.7 Å². The normalized spacial score (nSPS) is 20.4. The predicted octanol–water partition coefficient (Wildman–Crippen LogP) is 2.67. The average molecular weight is 307 g/mol. The van der Waals surface area contributed by atoms with Crippen LogP contribution in [0.5, 0.6) is 0 Å². The van der Waals surface area contributed by atoms with Gasteiger partial charge in [-0.2, -0.15) is 0 Å². The molecule has 0 aliphatic carbocycles. The van der Waals surface area contributed by atoms with Crippen molar-refractivity contribution >= 4 is 23.1 Å². The minimum Gasteiger partial charge on any atom is -0.400 e. The smallest absolute Gasteiger partial charge is 0.176 e. The molecule has 0 radical (unpaired) electrons. The number of benzene rings is 1. The zero-order chi connectivity index (χ0) is 15.6. The third-order valence-electron chi connectivity index (χ3n) is 4.48. The van der Waals surface area contributed by atoms with Crippen LogP contribution in [0.2, 0.25) is 0 Å². The molecular formula is C18H21N5. The molecule has 1 saturated heterocycles. The molecule has 5 nitrogen and oxygen atoms in total. The van der Waals surface area contributed by atoms with E-state index in [0.29, 0.717) is 6.42 Å². The van der Waals surface area contributed by atoms with Crippen molar-refractivity contribution in [1.29, 1.82) is 0 Å². The summed E-state index contributed by atoms with van der Waals surface area (Å²) in [6.07, 6.45) is 7.00. The van der Waals surface area contributed by atoms with E-state index in [1.807, 2.05) is 0 Å². The van der Waals surface area contributed by atoms with E-state index in [2.05, 4.69) is 44.1 Å². The van der Waals surface area contributed by atoms with Crippen molar-refractivity contribution in [2.75, 3.05) is 18.0 Å². The Balaban J connectivity index is 1.50. The van der Waals surface area contributed by atoms with Gasteiger partial charge in [-0.25, -0.2) is 15.0 Å². The van der Waals surface area contributed by atoms with Crippen LogP contribution >= 0.6 is 0 Å². The summed E-state index contributed by atoms with van der Waals surface area (Å²) in [7, 11) is 0. The Morgan fingerprint density at radius 3 is 2.83 bits per heavy atom. The monoisotopic (exact) mass is 307 g/mol. The topological polar surface area (TPSA) is 66.3 Å². The number of nitrogens with zero attached hydrogens (tertiary/aromatic N) is 4. The Labute approximate surface area is 136 Å². The zero-order valence-corrected chi connectivity index (χ0v) is 13.2. The van der Waals surface area contributed by atoms with E-state index in [1.54, 1.807) is 6.20 Å². The van der Waals surface area contributed by atoms with Crippen molar-refractivity contribution in [3.05, 3.63) is 41.7 Å². The van der Waals surface area contributed by atoms with Crippen LogP contribution in [0.3, 0.4) is 0 Å². The zero-order valence-electron chi connectivity index (χ0n) is 13.2. The maximum absolute atomic E-state index is 5.81. The molecule has 23 heavy (non-hydrogen) atoms. The molecule has 1 aromatic carbocycles. The Bertz CT molecular complexity index is 736. The molecule has 0 aromatic heterocycles. The summed E-state index contributed by atoms with van der Waals surface area (Å²) in [5, 5.41) is 0. The van der Waals surface area contributed by atoms with E-state index >= 15 is 0 Å². The second-order valence-corrected chi connectivity index (χ2v) is 6.31. The first-order chi connectivity index (χ1) is 11.3. The average Bonchev–Trinajstić information content (AvgIpc) is 2.97. The lowest BCUT2D eigenvalue weighted by Crippen LogP contribution is -2.29. The van der Waals surface area contributed by atoms with E-state index < -0.39 is 0 Å². The second kappa shape index (κ2) is 5.99. The highest BCUT2D eigenvalue weighted by Crippen LogP contribution is 2.22. The number of fused-ring (bicyclic) bond motifs is 1. The minimum absolute atomic E-state index is 0.652. The van der Waals surface area contributed by atoms with Gasteiger partial charge in [0.2, 0.25) is 0 Å². The summed E-state index contributed by atoms with van der Waals surface area (Å²) in [4.78, 5) is 15.9. The van der Waals surface area contributed by atoms with E-state index in [-0.39, 0.29) is 0 Å². The summed E-state index contributed by atoms with van der Waals surface area (Å²) < 4.78 is 0. The first-order valence-corrected chi connectivity index (χ1v) is 8.30. The van der Waals surface area contributed by atoms with Gasteiger partial charge in [-0.3, -0.25) is 0 Å². The summed E-state index contributed by atoms with van der Waals surface area (Å²) >= 11 is 0. The van der Waals surface area contributed by atoms with Gasteiger partial charge in [-0.15, -0.1) is 0 Å². The highest BCUT2D eigenvalue weighted by atomic mass is 15.1. The van der Waals surface area contributed by atoms with Crippen LogP contribution in [-0.4, -0.2) is 30.5 Å². The number of anilines is 1. The van der Waals surface area contributed by atoms with Crippen LogP contribution < -0.4 is 10.6 Å². The fourth-order valence-corrected chi connectivity index (χ4v) is 3.30. The van der Waals surface area contributed by atoms with Crippen molar-refractivity contribution in [3.63, 3.8) is 0 Å². The van der Waals surface area contributed by atoms with Gasteiger partial charge in [0.15, 0.2) is 5.84 Å². The number of nitrogens with two attached hydrogens (primary N) is 1. The van der Waals surface area contributed by atoms with Crippen molar-refractivity contribution in [1.82, 2.24) is 0 Å². The number of piperidine rings is 1. The van der Waals surface area contributed by atoms with E-state index in [0.717, 1.165) is 42.6 Å². The molecule has 5 heteroatoms. The number of hydrogen-bond acceptors (Lipinski definition) is 5. The number of aliphatic imine (C=N–C) groups is 3. The largest absolute Gasteiger partial charge is 0.400 e. The summed E-state index contributed by atoms with van der Waals surface area (Å²) in [5.41, 5.74) is 10.0. The second-order valence-electron chi connectivity index (χ2n) is 6.31. The molecule has 1 aromatic rings. The lowest BCUT2D eigenvalue weighted by atomic mass is 10.1. The molecular weight excluding hydrogens is 286 g/mol. The van der Waals surface area contributed by atoms with E-state index in [4.69, 9.17) is 5.73 Å². The van der Waals surface area contributed by atoms with Crippen LogP contribution in [0.15, 0.2) is 51.1 Å². The molecule has 0 atom stereocenters. The van der Waals surface area contributed by atoms with Crippen LogP contribution in [0.1, 0.15) is 31.2 Å². The van der Waals surface area contributed by atoms with Gasteiger partial charge in [0, 0.05) is 43.5 Å². The standard InChI is InChI=1S/C18H21N5/c19-14-11-16-18(20-12-14)22-17(21-16)10-13-5-4-6-15(9-13)23-7-2-1-3-8-23/h4-6,9,12H,1-3,7-8,10-11,19H2. The molecule has 0 amide bonds. The number of amidine groups is 2. The molecule has 0 saturated carbocycles. The predicted molar refractivity (Wildman–Crippen MR) is 95.4 cm³/mol. The highest BCUT2D eigenvalue weighted by molar-refractivity contribution is 6.48. The Morgan fingerprint density at radius 2 is 1.96 bits per heavy atom. The maximum atomic E-state index is 5.81. The molecule has 4 rings (SSSR count). The third kappa shape index (κ3) is 3.04. The number of hydrogen-bond donors (Lipinski definition) is 1. The molecule has 2 N–H and O–H groups in total.